The van der Waals surface area contributed by atoms with Gasteiger partial charge in [-0.25, -0.2) is 0 Å². The zero-order valence-corrected chi connectivity index (χ0v) is 81.9. The summed E-state index contributed by atoms with van der Waals surface area (Å²) < 4.78 is 0. The van der Waals surface area contributed by atoms with Gasteiger partial charge in [0.05, 0.1) is 76.0 Å². The molecule has 118 heavy (non-hydrogen) atoms. The molecule has 0 saturated carbocycles. The van der Waals surface area contributed by atoms with E-state index < -0.39 is 75.4 Å². The van der Waals surface area contributed by atoms with Crippen LogP contribution in [0.3, 0.4) is 0 Å². The molecule has 6 aliphatic heterocycles. The largest absolute Gasteiger partial charge is 0.310 e. The van der Waals surface area contributed by atoms with E-state index >= 15 is 0 Å². The molecule has 0 aromatic heterocycles. The third-order valence-corrected chi connectivity index (χ3v) is 58.1. The molecule has 2 aliphatic carbocycles. The minimum Gasteiger partial charge on any atom is -0.310 e. The fourth-order valence-corrected chi connectivity index (χ4v) is 51.4. The number of hydrogen-bond donors (Lipinski definition) is 0. The van der Waals surface area contributed by atoms with Crippen molar-refractivity contribution in [1.29, 1.82) is 0 Å². The zero-order chi connectivity index (χ0) is 83.1. The maximum absolute atomic E-state index is 2.72. The molecule has 16 bridgehead atoms. The van der Waals surface area contributed by atoms with E-state index in [0.717, 1.165) is 34.1 Å². The molecule has 2 atom stereocenters. The number of rotatable bonds is 8. The molecule has 8 aliphatic rings. The highest BCUT2D eigenvalue weighted by Gasteiger charge is 2.59. The monoisotopic (exact) mass is 1670 g/mol. The van der Waals surface area contributed by atoms with Gasteiger partial charge in [0, 0.05) is 78.5 Å². The predicted octanol–water partition coefficient (Wildman–Crippen LogP) is 26.1. The Morgan fingerprint density at radius 3 is 0.678 bits per heavy atom. The number of nitrogens with zero attached hydrogens (tertiary/aromatic N) is 4. The fourth-order valence-electron chi connectivity index (χ4n) is 21.5. The molecule has 594 valence electrons. The second-order valence-electron chi connectivity index (χ2n) is 42.0. The van der Waals surface area contributed by atoms with E-state index in [1.807, 2.05) is 0 Å². The lowest BCUT2D eigenvalue weighted by molar-refractivity contribution is 0.376. The van der Waals surface area contributed by atoms with Gasteiger partial charge in [0.2, 0.25) is 0 Å². The highest BCUT2D eigenvalue weighted by molar-refractivity contribution is 7.07. The zero-order valence-electron chi connectivity index (χ0n) is 73.9. The third-order valence-electron chi connectivity index (χ3n) is 28.1. The van der Waals surface area contributed by atoms with Crippen LogP contribution in [0.2, 0.25) is 142 Å². The van der Waals surface area contributed by atoms with Crippen LogP contribution in [0.5, 0.6) is 0 Å². The smallest absolute Gasteiger partial charge is 0.0783 e. The highest BCUT2D eigenvalue weighted by Crippen LogP contribution is 2.69. The Hall–Kier alpha value is -9.46. The summed E-state index contributed by atoms with van der Waals surface area (Å²) in [6.45, 7) is 56.2. The molecule has 0 fully saturated rings. The van der Waals surface area contributed by atoms with Gasteiger partial charge < -0.3 is 19.6 Å². The number of anilines is 12. The Balaban J connectivity index is 1.02. The van der Waals surface area contributed by atoms with E-state index in [-0.39, 0.29) is 0 Å². The number of hydrogen-bond acceptors (Lipinski definition) is 4. The number of fused-ring (bicyclic) bond motifs is 10. The van der Waals surface area contributed by atoms with E-state index in [0.29, 0.717) is 0 Å². The Labute approximate surface area is 712 Å². The summed E-state index contributed by atoms with van der Waals surface area (Å²) >= 11 is 0. The molecule has 22 rings (SSSR count). The topological polar surface area (TPSA) is 13.0 Å². The van der Waals surface area contributed by atoms with Crippen molar-refractivity contribution in [1.82, 2.24) is 0 Å². The minimum absolute atomic E-state index is 0.842. The summed E-state index contributed by atoms with van der Waals surface area (Å²) in [6, 6.07) is 119. The maximum atomic E-state index is 2.72. The van der Waals surface area contributed by atoms with Crippen molar-refractivity contribution in [3.63, 3.8) is 0 Å². The van der Waals surface area contributed by atoms with Crippen molar-refractivity contribution >= 4 is 196 Å². The van der Waals surface area contributed by atoms with Gasteiger partial charge in [0.15, 0.2) is 0 Å². The minimum atomic E-state index is -2.07. The SMILES string of the molecule is CC12c3cc4ccc3-c3c1cc(c1ccccc31)N(c1ccc([Si](C)(C)C)cc1)c1ccc(cc1)[Si](C)(C)C[Si](C)(C)c1ccc(cc1)N(c1ccc([Si](C)(C)C)cc1)c1ccc3c(c1)C2(C)c1cc(c2ccccc2c1-3)N(c1ccc([Si](C)(C)C)cc1)c1ccc(cc1)[Si](C)(C)C[Si](C)(C)c1ccc(cc1)N4c1ccc([Si](C)(C)C)cc1. The van der Waals surface area contributed by atoms with E-state index in [4.69, 9.17) is 0 Å². The molecule has 12 heteroatoms. The van der Waals surface area contributed by atoms with Gasteiger partial charge in [0.1, 0.15) is 0 Å². The van der Waals surface area contributed by atoms with Crippen molar-refractivity contribution in [3.05, 3.63) is 313 Å². The van der Waals surface area contributed by atoms with E-state index in [1.165, 1.54) is 153 Å². The summed E-state index contributed by atoms with van der Waals surface area (Å²) in [5, 5.41) is 16.8. The van der Waals surface area contributed by atoms with E-state index in [9.17, 15) is 0 Å². The van der Waals surface area contributed by atoms with Gasteiger partial charge in [-0.3, -0.25) is 0 Å². The van der Waals surface area contributed by atoms with Crippen LogP contribution in [0.15, 0.2) is 291 Å². The first kappa shape index (κ1) is 79.6. The molecule has 4 nitrogen and oxygen atoms in total. The second-order valence-corrected chi connectivity index (χ2v) is 82.6. The highest BCUT2D eigenvalue weighted by atomic mass is 28.4. The maximum Gasteiger partial charge on any atom is 0.0783 e. The Morgan fingerprint density at radius 2 is 0.441 bits per heavy atom. The van der Waals surface area contributed by atoms with Crippen molar-refractivity contribution < 1.29 is 0 Å². The van der Waals surface area contributed by atoms with Gasteiger partial charge in [-0.2, -0.15) is 0 Å². The van der Waals surface area contributed by atoms with E-state index in [1.54, 1.807) is 0 Å². The molecule has 0 spiro atoms. The van der Waals surface area contributed by atoms with Crippen molar-refractivity contribution in [2.75, 3.05) is 19.6 Å². The van der Waals surface area contributed by atoms with Gasteiger partial charge >= 0.3 is 0 Å². The molecule has 14 aromatic rings. The normalized spacial score (nSPS) is 18.5. The van der Waals surface area contributed by atoms with Gasteiger partial charge in [-0.15, -0.1) is 0 Å². The lowest BCUT2D eigenvalue weighted by atomic mass is 9.56. The van der Waals surface area contributed by atoms with Crippen LogP contribution in [0.1, 0.15) is 36.1 Å². The van der Waals surface area contributed by atoms with Gasteiger partial charge in [-0.1, -0.05) is 355 Å². The Kier molecular flexibility index (Phi) is 18.9. The van der Waals surface area contributed by atoms with Crippen LogP contribution in [0.25, 0.3) is 43.8 Å². The van der Waals surface area contributed by atoms with Crippen LogP contribution in [-0.4, -0.2) is 64.6 Å². The molecule has 0 N–H and O–H groups in total. The fraction of sp³-hybridized carbons (Fsp3) is 0.245. The van der Waals surface area contributed by atoms with Crippen molar-refractivity contribution in [3.8, 4) is 22.3 Å². The first-order chi connectivity index (χ1) is 55.7. The molecule has 14 aromatic carbocycles. The van der Waals surface area contributed by atoms with Crippen LogP contribution in [0.4, 0.5) is 68.2 Å². The molecule has 0 saturated heterocycles. The summed E-state index contributed by atoms with van der Waals surface area (Å²) in [4.78, 5) is 10.5. The predicted molar refractivity (Wildman–Crippen MR) is 540 cm³/mol. The second kappa shape index (κ2) is 28.1. The van der Waals surface area contributed by atoms with E-state index in [2.05, 4.69) is 456 Å². The lowest BCUT2D eigenvalue weighted by Crippen LogP contribution is -2.53. The van der Waals surface area contributed by atoms with Gasteiger partial charge in [0.25, 0.3) is 0 Å². The number of benzene rings is 14. The summed E-state index contributed by atoms with van der Waals surface area (Å²) in [7, 11) is -15.1. The quantitative estimate of drug-likeness (QED) is 0.141. The molecule has 0 radical (unpaired) electrons. The first-order valence-electron chi connectivity index (χ1n) is 43.2. The average Bonchev–Trinajstić information content (AvgIpc) is 1.49. The molecule has 2 unspecified atom stereocenters. The lowest BCUT2D eigenvalue weighted by Gasteiger charge is -2.46. The Bertz CT molecular complexity index is 5900. The third kappa shape index (κ3) is 13.2. The standard InChI is InChI=1S/C106H118N4Si8/c1-105-97-67-81-47-65-95(97)103-93-29-25-23-27-91(93)101(69-99(103)105)109(77-35-53-85(54-36-77)113(9,10)11)79-43-61-89(62-44-79)117(19,20)72-116(17,18)88-59-41-76(42-60-88)108(74-33-51-84(52-34-74)112(6,7)8)82-48-66-96-98(68-82)106(105,2)100-70-102(92-28-24-26-30-94(92)104(96)100)110(78-37-55-86(56-38-78)114(12,13)14)80-45-63-90(64-46-80)118(21,22)71-115(15,16)87-57-39-75(40-58-87)107(81)73-31-49-83(50-32-73)111(3,4)5/h23-70H,71-72H2,1-22H3. The van der Waals surface area contributed by atoms with Crippen LogP contribution < -0.4 is 61.1 Å². The van der Waals surface area contributed by atoms with Crippen molar-refractivity contribution in [2.24, 2.45) is 0 Å². The molecule has 0 amide bonds. The first-order valence-corrected chi connectivity index (χ1v) is 70.0. The van der Waals surface area contributed by atoms with Crippen molar-refractivity contribution in [2.45, 2.75) is 167 Å². The summed E-state index contributed by atoms with van der Waals surface area (Å²) in [6.07, 6.45) is 0. The molecular weight excluding hydrogens is 1550 g/mol. The van der Waals surface area contributed by atoms with Crippen LogP contribution in [0, 0.1) is 0 Å². The summed E-state index contributed by atoms with van der Waals surface area (Å²) in [5.74, 6) is 0. The Morgan fingerprint density at radius 1 is 0.229 bits per heavy atom. The average molecular weight is 1670 g/mol. The summed E-state index contributed by atoms with van der Waals surface area (Å²) in [5.41, 5.74) is 25.1. The molecular formula is C106H118N4Si8. The molecule has 6 heterocycles. The van der Waals surface area contributed by atoms with Gasteiger partial charge in [-0.05, 0) is 189 Å². The van der Waals surface area contributed by atoms with Crippen LogP contribution >= 0.6 is 0 Å². The van der Waals surface area contributed by atoms with Crippen LogP contribution in [-0.2, 0) is 10.8 Å².